The molecule has 2 aromatic carbocycles. The zero-order valence-electron chi connectivity index (χ0n) is 9.79. The maximum atomic E-state index is 10.8. The fourth-order valence-electron chi connectivity index (χ4n) is 1.52. The third-order valence-electron chi connectivity index (χ3n) is 2.37. The van der Waals surface area contributed by atoms with Gasteiger partial charge in [-0.25, -0.2) is 0 Å². The summed E-state index contributed by atoms with van der Waals surface area (Å²) in [5, 5.41) is 13.7. The predicted octanol–water partition coefficient (Wildman–Crippen LogP) is 3.43. The van der Waals surface area contributed by atoms with Gasteiger partial charge in [0.15, 0.2) is 0 Å². The van der Waals surface area contributed by atoms with Crippen LogP contribution in [0.15, 0.2) is 48.5 Å². The number of nitrogens with one attached hydrogen (secondary N) is 1. The molecular formula is C13H12N2O3. The summed E-state index contributed by atoms with van der Waals surface area (Å²) in [6.45, 7) is 0. The molecule has 0 aliphatic heterocycles. The molecule has 0 heterocycles. The van der Waals surface area contributed by atoms with Gasteiger partial charge in [0.05, 0.1) is 11.0 Å². The number of ether oxygens (including phenoxy) is 1. The molecule has 18 heavy (non-hydrogen) atoms. The zero-order valence-corrected chi connectivity index (χ0v) is 9.79. The molecule has 2 rings (SSSR count). The molecule has 0 spiro atoms. The Balaban J connectivity index is 2.32. The maximum Gasteiger partial charge on any atom is 0.275 e. The second kappa shape index (κ2) is 5.18. The van der Waals surface area contributed by atoms with Crippen LogP contribution in [0.25, 0.3) is 0 Å². The molecule has 0 amide bonds. The van der Waals surface area contributed by atoms with Crippen LogP contribution in [0.2, 0.25) is 0 Å². The number of hydrogen-bond donors (Lipinski definition) is 1. The van der Waals surface area contributed by atoms with Crippen molar-refractivity contribution < 1.29 is 9.66 Å². The molecular weight excluding hydrogens is 232 g/mol. The van der Waals surface area contributed by atoms with Crippen molar-refractivity contribution >= 4 is 11.4 Å². The summed E-state index contributed by atoms with van der Waals surface area (Å²) in [4.78, 5) is 10.4. The van der Waals surface area contributed by atoms with E-state index in [0.717, 1.165) is 0 Å². The van der Waals surface area contributed by atoms with Crippen molar-refractivity contribution in [2.75, 3.05) is 12.4 Å². The van der Waals surface area contributed by atoms with E-state index in [1.54, 1.807) is 25.2 Å². The summed E-state index contributed by atoms with van der Waals surface area (Å²) in [7, 11) is 1.70. The summed E-state index contributed by atoms with van der Waals surface area (Å²) in [5.74, 6) is 1.07. The Labute approximate surface area is 104 Å². The summed E-state index contributed by atoms with van der Waals surface area (Å²) in [6, 6.07) is 13.7. The third kappa shape index (κ3) is 2.76. The van der Waals surface area contributed by atoms with E-state index in [2.05, 4.69) is 5.32 Å². The van der Waals surface area contributed by atoms with Crippen molar-refractivity contribution in [3.8, 4) is 11.5 Å². The van der Waals surface area contributed by atoms with Crippen LogP contribution in [-0.2, 0) is 0 Å². The third-order valence-corrected chi connectivity index (χ3v) is 2.37. The fourth-order valence-corrected chi connectivity index (χ4v) is 1.52. The molecule has 1 N–H and O–H groups in total. The highest BCUT2D eigenvalue weighted by atomic mass is 16.6. The number of para-hydroxylation sites is 1. The molecule has 0 radical (unpaired) electrons. The van der Waals surface area contributed by atoms with Crippen molar-refractivity contribution in [1.82, 2.24) is 0 Å². The highest BCUT2D eigenvalue weighted by Gasteiger charge is 2.10. The minimum atomic E-state index is -0.446. The van der Waals surface area contributed by atoms with Gasteiger partial charge in [-0.3, -0.25) is 10.1 Å². The van der Waals surface area contributed by atoms with Crippen molar-refractivity contribution in [2.24, 2.45) is 0 Å². The maximum absolute atomic E-state index is 10.8. The predicted molar refractivity (Wildman–Crippen MR) is 69.2 cm³/mol. The van der Waals surface area contributed by atoms with Gasteiger partial charge in [0, 0.05) is 24.9 Å². The lowest BCUT2D eigenvalue weighted by atomic mass is 10.2. The average Bonchev–Trinajstić information content (AvgIpc) is 2.39. The van der Waals surface area contributed by atoms with Gasteiger partial charge < -0.3 is 10.1 Å². The molecule has 0 aliphatic carbocycles. The van der Waals surface area contributed by atoms with Gasteiger partial charge in [-0.2, -0.15) is 0 Å². The van der Waals surface area contributed by atoms with Crippen LogP contribution in [0, 0.1) is 10.1 Å². The van der Waals surface area contributed by atoms with Gasteiger partial charge in [0.25, 0.3) is 5.69 Å². The number of nitrogens with zero attached hydrogens (tertiary/aromatic N) is 1. The van der Waals surface area contributed by atoms with Gasteiger partial charge in [-0.15, -0.1) is 0 Å². The first-order chi connectivity index (χ1) is 8.69. The van der Waals surface area contributed by atoms with Crippen LogP contribution in [0.4, 0.5) is 11.4 Å². The Bertz CT molecular complexity index is 555. The molecule has 0 saturated heterocycles. The molecule has 5 heteroatoms. The lowest BCUT2D eigenvalue weighted by Gasteiger charge is -2.07. The van der Waals surface area contributed by atoms with Crippen LogP contribution in [0.3, 0.4) is 0 Å². The number of anilines is 1. The van der Waals surface area contributed by atoms with Gasteiger partial charge in [-0.1, -0.05) is 18.2 Å². The van der Waals surface area contributed by atoms with Crippen LogP contribution in [0.5, 0.6) is 11.5 Å². The molecule has 0 bridgehead atoms. The molecule has 0 aliphatic rings. The Morgan fingerprint density at radius 3 is 2.44 bits per heavy atom. The SMILES string of the molecule is CNc1cc(Oc2ccccc2)cc([N+](=O)[O-])c1. The number of non-ortho nitro benzene ring substituents is 1. The van der Waals surface area contributed by atoms with E-state index >= 15 is 0 Å². The molecule has 0 fully saturated rings. The highest BCUT2D eigenvalue weighted by molar-refractivity contribution is 5.56. The Morgan fingerprint density at radius 1 is 1.11 bits per heavy atom. The number of hydrogen-bond acceptors (Lipinski definition) is 4. The molecule has 0 atom stereocenters. The van der Waals surface area contributed by atoms with Crippen LogP contribution >= 0.6 is 0 Å². The summed E-state index contributed by atoms with van der Waals surface area (Å²) in [6.07, 6.45) is 0. The second-order valence-corrected chi connectivity index (χ2v) is 3.64. The van der Waals surface area contributed by atoms with Gasteiger partial charge in [-0.05, 0) is 12.1 Å². The van der Waals surface area contributed by atoms with E-state index in [0.29, 0.717) is 17.2 Å². The molecule has 0 aromatic heterocycles. The first-order valence-corrected chi connectivity index (χ1v) is 5.39. The standard InChI is InChI=1S/C13H12N2O3/c1-14-10-7-11(15(16)17)9-13(8-10)18-12-5-3-2-4-6-12/h2-9,14H,1H3. The number of nitro groups is 1. The Morgan fingerprint density at radius 2 is 1.83 bits per heavy atom. The van der Waals surface area contributed by atoms with E-state index in [4.69, 9.17) is 4.74 Å². The summed E-state index contributed by atoms with van der Waals surface area (Å²) < 4.78 is 5.57. The second-order valence-electron chi connectivity index (χ2n) is 3.64. The number of rotatable bonds is 4. The monoisotopic (exact) mass is 244 g/mol. The van der Waals surface area contributed by atoms with E-state index < -0.39 is 4.92 Å². The number of benzene rings is 2. The molecule has 2 aromatic rings. The van der Waals surface area contributed by atoms with Gasteiger partial charge in [0.1, 0.15) is 11.5 Å². The van der Waals surface area contributed by atoms with Gasteiger partial charge in [0.2, 0.25) is 0 Å². The first-order valence-electron chi connectivity index (χ1n) is 5.39. The van der Waals surface area contributed by atoms with E-state index in [9.17, 15) is 10.1 Å². The molecule has 0 unspecified atom stereocenters. The van der Waals surface area contributed by atoms with E-state index in [1.165, 1.54) is 12.1 Å². The Kier molecular flexibility index (Phi) is 3.43. The molecule has 92 valence electrons. The first kappa shape index (κ1) is 11.9. The molecule has 5 nitrogen and oxygen atoms in total. The van der Waals surface area contributed by atoms with Gasteiger partial charge >= 0.3 is 0 Å². The van der Waals surface area contributed by atoms with Crippen LogP contribution in [-0.4, -0.2) is 12.0 Å². The smallest absolute Gasteiger partial charge is 0.275 e. The van der Waals surface area contributed by atoms with E-state index in [1.807, 2.05) is 18.2 Å². The fraction of sp³-hybridized carbons (Fsp3) is 0.0769. The van der Waals surface area contributed by atoms with Crippen molar-refractivity contribution in [3.63, 3.8) is 0 Å². The van der Waals surface area contributed by atoms with Crippen molar-refractivity contribution in [1.29, 1.82) is 0 Å². The van der Waals surface area contributed by atoms with Crippen molar-refractivity contribution in [2.45, 2.75) is 0 Å². The lowest BCUT2D eigenvalue weighted by Crippen LogP contribution is -1.94. The largest absolute Gasteiger partial charge is 0.457 e. The Hall–Kier alpha value is -2.56. The molecule has 0 saturated carbocycles. The zero-order chi connectivity index (χ0) is 13.0. The summed E-state index contributed by atoms with van der Waals surface area (Å²) >= 11 is 0. The average molecular weight is 244 g/mol. The number of nitro benzene ring substituents is 1. The minimum absolute atomic E-state index is 0.00668. The van der Waals surface area contributed by atoms with Crippen molar-refractivity contribution in [3.05, 3.63) is 58.6 Å². The van der Waals surface area contributed by atoms with Crippen LogP contribution < -0.4 is 10.1 Å². The summed E-state index contributed by atoms with van der Waals surface area (Å²) in [5.41, 5.74) is 0.628. The normalized spacial score (nSPS) is 9.83. The van der Waals surface area contributed by atoms with E-state index in [-0.39, 0.29) is 5.69 Å². The highest BCUT2D eigenvalue weighted by Crippen LogP contribution is 2.29. The quantitative estimate of drug-likeness (QED) is 0.661. The van der Waals surface area contributed by atoms with Crippen LogP contribution in [0.1, 0.15) is 0 Å². The topological polar surface area (TPSA) is 64.4 Å². The lowest BCUT2D eigenvalue weighted by molar-refractivity contribution is -0.384. The minimum Gasteiger partial charge on any atom is -0.457 e.